The smallest absolute Gasteiger partial charge is 0.251 e. The molecule has 0 bridgehead atoms. The van der Waals surface area contributed by atoms with Crippen molar-refractivity contribution in [1.82, 2.24) is 15.5 Å². The van der Waals surface area contributed by atoms with E-state index in [1.165, 1.54) is 0 Å². The third kappa shape index (κ3) is 3.41. The maximum Gasteiger partial charge on any atom is 0.251 e. The van der Waals surface area contributed by atoms with Gasteiger partial charge >= 0.3 is 0 Å². The first kappa shape index (κ1) is 15.7. The van der Waals surface area contributed by atoms with Gasteiger partial charge in [0.2, 0.25) is 5.91 Å². The summed E-state index contributed by atoms with van der Waals surface area (Å²) in [5, 5.41) is 22.2. The number of nitrogens with one attached hydrogen (secondary N) is 3. The molecule has 0 spiro atoms. The van der Waals surface area contributed by atoms with Gasteiger partial charge < -0.3 is 15.7 Å². The Morgan fingerprint density at radius 1 is 1.17 bits per heavy atom. The second kappa shape index (κ2) is 6.93. The van der Waals surface area contributed by atoms with Crippen molar-refractivity contribution in [3.63, 3.8) is 0 Å². The fourth-order valence-corrected chi connectivity index (χ4v) is 2.27. The SMILES string of the molecule is O=C(NC(CO)C(=O)Nc1ccc2cn[nH]c2c1)c1ccccc1. The van der Waals surface area contributed by atoms with Crippen molar-refractivity contribution in [2.75, 3.05) is 11.9 Å². The Balaban J connectivity index is 1.68. The van der Waals surface area contributed by atoms with Gasteiger partial charge in [-0.1, -0.05) is 18.2 Å². The molecule has 4 N–H and O–H groups in total. The zero-order chi connectivity index (χ0) is 16.9. The number of H-pyrrole nitrogens is 1. The summed E-state index contributed by atoms with van der Waals surface area (Å²) in [6.07, 6.45) is 1.68. The monoisotopic (exact) mass is 324 g/mol. The van der Waals surface area contributed by atoms with Crippen LogP contribution in [0.5, 0.6) is 0 Å². The number of rotatable bonds is 5. The van der Waals surface area contributed by atoms with Crippen LogP contribution in [0.2, 0.25) is 0 Å². The van der Waals surface area contributed by atoms with Crippen LogP contribution in [0.1, 0.15) is 10.4 Å². The second-order valence-electron chi connectivity index (χ2n) is 5.24. The molecular formula is C17H16N4O3. The summed E-state index contributed by atoms with van der Waals surface area (Å²) < 4.78 is 0. The van der Waals surface area contributed by atoms with E-state index in [2.05, 4.69) is 20.8 Å². The summed E-state index contributed by atoms with van der Waals surface area (Å²) in [5.74, 6) is -0.922. The molecule has 0 saturated carbocycles. The van der Waals surface area contributed by atoms with E-state index in [1.54, 1.807) is 48.7 Å². The van der Waals surface area contributed by atoms with Gasteiger partial charge in [-0.05, 0) is 30.3 Å². The molecular weight excluding hydrogens is 308 g/mol. The van der Waals surface area contributed by atoms with Crippen LogP contribution < -0.4 is 10.6 Å². The molecule has 3 rings (SSSR count). The van der Waals surface area contributed by atoms with E-state index in [0.717, 1.165) is 10.9 Å². The minimum atomic E-state index is -1.05. The average molecular weight is 324 g/mol. The number of fused-ring (bicyclic) bond motifs is 1. The van der Waals surface area contributed by atoms with Crippen LogP contribution >= 0.6 is 0 Å². The first-order chi connectivity index (χ1) is 11.7. The maximum absolute atomic E-state index is 12.3. The van der Waals surface area contributed by atoms with Gasteiger partial charge in [-0.3, -0.25) is 14.7 Å². The highest BCUT2D eigenvalue weighted by Crippen LogP contribution is 2.16. The molecule has 0 aliphatic heterocycles. The molecule has 122 valence electrons. The molecule has 0 aliphatic rings. The number of aromatic amines is 1. The van der Waals surface area contributed by atoms with Gasteiger partial charge in [0.25, 0.3) is 5.91 Å². The van der Waals surface area contributed by atoms with Crippen LogP contribution in [0.15, 0.2) is 54.7 Å². The highest BCUT2D eigenvalue weighted by molar-refractivity contribution is 6.01. The van der Waals surface area contributed by atoms with Crippen LogP contribution in [-0.2, 0) is 4.79 Å². The van der Waals surface area contributed by atoms with Gasteiger partial charge in [-0.15, -0.1) is 0 Å². The van der Waals surface area contributed by atoms with Crippen molar-refractivity contribution in [3.8, 4) is 0 Å². The molecule has 2 aromatic carbocycles. The van der Waals surface area contributed by atoms with E-state index in [1.807, 2.05) is 6.07 Å². The number of anilines is 1. The highest BCUT2D eigenvalue weighted by Gasteiger charge is 2.20. The average Bonchev–Trinajstić information content (AvgIpc) is 3.07. The third-order valence-electron chi connectivity index (χ3n) is 3.55. The van der Waals surface area contributed by atoms with Gasteiger partial charge in [-0.2, -0.15) is 5.10 Å². The number of hydrogen-bond donors (Lipinski definition) is 4. The Labute approximate surface area is 137 Å². The Kier molecular flexibility index (Phi) is 4.53. The van der Waals surface area contributed by atoms with E-state index in [-0.39, 0.29) is 0 Å². The van der Waals surface area contributed by atoms with Crippen molar-refractivity contribution in [2.24, 2.45) is 0 Å². The molecule has 0 saturated heterocycles. The zero-order valence-electron chi connectivity index (χ0n) is 12.7. The van der Waals surface area contributed by atoms with E-state index in [4.69, 9.17) is 0 Å². The summed E-state index contributed by atoms with van der Waals surface area (Å²) in [4.78, 5) is 24.4. The number of hydrogen-bond acceptors (Lipinski definition) is 4. The number of aliphatic hydroxyl groups is 1. The van der Waals surface area contributed by atoms with Crippen LogP contribution in [0, 0.1) is 0 Å². The standard InChI is InChI=1S/C17H16N4O3/c22-10-15(20-16(23)11-4-2-1-3-5-11)17(24)19-13-7-6-12-9-18-21-14(12)8-13/h1-9,15,22H,10H2,(H,18,21)(H,19,24)(H,20,23). The van der Waals surface area contributed by atoms with Crippen molar-refractivity contribution >= 4 is 28.4 Å². The minimum absolute atomic E-state index is 0.419. The lowest BCUT2D eigenvalue weighted by molar-refractivity contribution is -0.118. The Bertz CT molecular complexity index is 860. The topological polar surface area (TPSA) is 107 Å². The lowest BCUT2D eigenvalue weighted by atomic mass is 10.2. The second-order valence-corrected chi connectivity index (χ2v) is 5.24. The molecule has 7 heteroatoms. The molecule has 7 nitrogen and oxygen atoms in total. The summed E-state index contributed by atoms with van der Waals surface area (Å²) in [5.41, 5.74) is 1.74. The Morgan fingerprint density at radius 3 is 2.71 bits per heavy atom. The fourth-order valence-electron chi connectivity index (χ4n) is 2.27. The van der Waals surface area contributed by atoms with Crippen LogP contribution in [-0.4, -0.2) is 39.8 Å². The van der Waals surface area contributed by atoms with E-state index in [0.29, 0.717) is 11.3 Å². The normalized spacial score (nSPS) is 11.9. The largest absolute Gasteiger partial charge is 0.394 e. The first-order valence-corrected chi connectivity index (χ1v) is 7.38. The van der Waals surface area contributed by atoms with Gasteiger partial charge in [0, 0.05) is 16.6 Å². The van der Waals surface area contributed by atoms with Gasteiger partial charge in [0.05, 0.1) is 18.3 Å². The van der Waals surface area contributed by atoms with Gasteiger partial charge in [0.1, 0.15) is 6.04 Å². The van der Waals surface area contributed by atoms with Gasteiger partial charge in [0.15, 0.2) is 0 Å². The number of carbonyl (C=O) groups excluding carboxylic acids is 2. The van der Waals surface area contributed by atoms with Crippen molar-refractivity contribution in [1.29, 1.82) is 0 Å². The molecule has 1 aromatic heterocycles. The Morgan fingerprint density at radius 2 is 1.96 bits per heavy atom. The van der Waals surface area contributed by atoms with E-state index >= 15 is 0 Å². The van der Waals surface area contributed by atoms with E-state index in [9.17, 15) is 14.7 Å². The molecule has 0 aliphatic carbocycles. The van der Waals surface area contributed by atoms with Crippen molar-refractivity contribution in [2.45, 2.75) is 6.04 Å². The number of amides is 2. The maximum atomic E-state index is 12.3. The van der Waals surface area contributed by atoms with Crippen LogP contribution in [0.4, 0.5) is 5.69 Å². The number of carbonyl (C=O) groups is 2. The highest BCUT2D eigenvalue weighted by atomic mass is 16.3. The summed E-state index contributed by atoms with van der Waals surface area (Å²) in [6, 6.07) is 12.7. The predicted octanol–water partition coefficient (Wildman–Crippen LogP) is 1.29. The summed E-state index contributed by atoms with van der Waals surface area (Å²) >= 11 is 0. The summed E-state index contributed by atoms with van der Waals surface area (Å²) in [6.45, 7) is -0.503. The minimum Gasteiger partial charge on any atom is -0.394 e. The van der Waals surface area contributed by atoms with Crippen LogP contribution in [0.3, 0.4) is 0 Å². The molecule has 24 heavy (non-hydrogen) atoms. The fraction of sp³-hybridized carbons (Fsp3) is 0.118. The van der Waals surface area contributed by atoms with Gasteiger partial charge in [-0.25, -0.2) is 0 Å². The predicted molar refractivity (Wildman–Crippen MR) is 89.5 cm³/mol. The molecule has 0 radical (unpaired) electrons. The molecule has 1 heterocycles. The quantitative estimate of drug-likeness (QED) is 0.567. The lowest BCUT2D eigenvalue weighted by Crippen LogP contribution is -2.46. The third-order valence-corrected chi connectivity index (χ3v) is 3.55. The molecule has 3 aromatic rings. The zero-order valence-corrected chi connectivity index (χ0v) is 12.7. The number of aliphatic hydroxyl groups excluding tert-OH is 1. The van der Waals surface area contributed by atoms with Crippen molar-refractivity contribution in [3.05, 3.63) is 60.3 Å². The molecule has 0 fully saturated rings. The number of benzene rings is 2. The van der Waals surface area contributed by atoms with Crippen LogP contribution in [0.25, 0.3) is 10.9 Å². The first-order valence-electron chi connectivity index (χ1n) is 7.38. The van der Waals surface area contributed by atoms with E-state index < -0.39 is 24.5 Å². The number of aromatic nitrogens is 2. The van der Waals surface area contributed by atoms with Crippen molar-refractivity contribution < 1.29 is 14.7 Å². The number of nitrogens with zero attached hydrogens (tertiary/aromatic N) is 1. The molecule has 1 unspecified atom stereocenters. The Hall–Kier alpha value is -3.19. The molecule has 1 atom stereocenters. The lowest BCUT2D eigenvalue weighted by Gasteiger charge is -2.16. The molecule has 2 amide bonds. The summed E-state index contributed by atoms with van der Waals surface area (Å²) in [7, 11) is 0.